The van der Waals surface area contributed by atoms with Gasteiger partial charge in [-0.1, -0.05) is 0 Å². The van der Waals surface area contributed by atoms with Gasteiger partial charge in [-0.25, -0.2) is 4.98 Å². The summed E-state index contributed by atoms with van der Waals surface area (Å²) >= 11 is 0. The van der Waals surface area contributed by atoms with Gasteiger partial charge in [-0.3, -0.25) is 10.3 Å². The number of nitriles is 1. The molecule has 0 saturated carbocycles. The predicted octanol–water partition coefficient (Wildman–Crippen LogP) is 0.455. The quantitative estimate of drug-likeness (QED) is 0.259. The van der Waals surface area contributed by atoms with E-state index in [4.69, 9.17) is 9.68 Å². The van der Waals surface area contributed by atoms with E-state index in [1.165, 1.54) is 6.39 Å². The van der Waals surface area contributed by atoms with Crippen LogP contribution in [0.1, 0.15) is 12.1 Å². The minimum absolute atomic E-state index is 0.482. The number of hydrogen-bond donors (Lipinski definition) is 2. The standard InChI is InChI=1S/C11H18N6O/c1-9-10(18-8-16-9)17(3)6-4-5-14-11(13-2)15-7-12/h8H,4-6H2,1-3H3,(H2,13,14,15). The van der Waals surface area contributed by atoms with E-state index in [0.717, 1.165) is 31.1 Å². The Morgan fingerprint density at radius 3 is 3.00 bits per heavy atom. The number of rotatable bonds is 5. The molecule has 98 valence electrons. The highest BCUT2D eigenvalue weighted by atomic mass is 16.4. The Balaban J connectivity index is 2.27. The molecule has 18 heavy (non-hydrogen) atoms. The van der Waals surface area contributed by atoms with E-state index >= 15 is 0 Å². The van der Waals surface area contributed by atoms with E-state index in [9.17, 15) is 0 Å². The van der Waals surface area contributed by atoms with Gasteiger partial charge in [-0.05, 0) is 13.3 Å². The van der Waals surface area contributed by atoms with E-state index in [0.29, 0.717) is 5.96 Å². The summed E-state index contributed by atoms with van der Waals surface area (Å²) in [4.78, 5) is 9.94. The zero-order chi connectivity index (χ0) is 13.4. The maximum atomic E-state index is 8.46. The average molecular weight is 250 g/mol. The van der Waals surface area contributed by atoms with E-state index in [1.54, 1.807) is 7.05 Å². The molecule has 2 N–H and O–H groups in total. The third kappa shape index (κ3) is 3.97. The van der Waals surface area contributed by atoms with Gasteiger partial charge in [-0.15, -0.1) is 0 Å². The number of anilines is 1. The number of oxazole rings is 1. The van der Waals surface area contributed by atoms with Crippen molar-refractivity contribution >= 4 is 11.8 Å². The summed E-state index contributed by atoms with van der Waals surface area (Å²) < 4.78 is 5.28. The number of guanidine groups is 1. The van der Waals surface area contributed by atoms with Crippen molar-refractivity contribution in [3.8, 4) is 6.19 Å². The Morgan fingerprint density at radius 2 is 2.44 bits per heavy atom. The van der Waals surface area contributed by atoms with Crippen molar-refractivity contribution in [2.45, 2.75) is 13.3 Å². The van der Waals surface area contributed by atoms with Crippen LogP contribution in [0.15, 0.2) is 15.8 Å². The van der Waals surface area contributed by atoms with E-state index in [2.05, 4.69) is 20.6 Å². The fraction of sp³-hybridized carbons (Fsp3) is 0.545. The molecule has 0 atom stereocenters. The van der Waals surface area contributed by atoms with Crippen molar-refractivity contribution < 1.29 is 4.42 Å². The fourth-order valence-corrected chi connectivity index (χ4v) is 1.52. The fourth-order valence-electron chi connectivity index (χ4n) is 1.52. The van der Waals surface area contributed by atoms with Crippen LogP contribution in [0.3, 0.4) is 0 Å². The highest BCUT2D eigenvalue weighted by Crippen LogP contribution is 2.16. The van der Waals surface area contributed by atoms with Crippen molar-refractivity contribution in [2.24, 2.45) is 4.99 Å². The summed E-state index contributed by atoms with van der Waals surface area (Å²) in [7, 11) is 3.58. The Labute approximate surface area is 107 Å². The Kier molecular flexibility index (Phi) is 5.51. The molecule has 7 nitrogen and oxygen atoms in total. The van der Waals surface area contributed by atoms with Crippen molar-refractivity contribution in [3.05, 3.63) is 12.1 Å². The monoisotopic (exact) mass is 250 g/mol. The van der Waals surface area contributed by atoms with Crippen molar-refractivity contribution in [1.82, 2.24) is 15.6 Å². The average Bonchev–Trinajstić information content (AvgIpc) is 2.79. The summed E-state index contributed by atoms with van der Waals surface area (Å²) in [6, 6.07) is 0. The van der Waals surface area contributed by atoms with E-state index < -0.39 is 0 Å². The second-order valence-corrected chi connectivity index (χ2v) is 3.75. The molecule has 0 aliphatic carbocycles. The van der Waals surface area contributed by atoms with Gasteiger partial charge < -0.3 is 14.6 Å². The van der Waals surface area contributed by atoms with Crippen LogP contribution in [0.2, 0.25) is 0 Å². The second-order valence-electron chi connectivity index (χ2n) is 3.75. The molecule has 1 heterocycles. The third-order valence-electron chi connectivity index (χ3n) is 2.43. The first kappa shape index (κ1) is 13.8. The summed E-state index contributed by atoms with van der Waals surface area (Å²) in [5.74, 6) is 1.27. The van der Waals surface area contributed by atoms with Gasteiger partial charge in [0.2, 0.25) is 11.8 Å². The minimum atomic E-state index is 0.482. The Hall–Kier alpha value is -2.23. The number of aromatic nitrogens is 1. The van der Waals surface area contributed by atoms with Crippen LogP contribution in [-0.2, 0) is 0 Å². The maximum Gasteiger partial charge on any atom is 0.218 e. The highest BCUT2D eigenvalue weighted by Gasteiger charge is 2.08. The lowest BCUT2D eigenvalue weighted by atomic mass is 10.3. The Bertz CT molecular complexity index is 433. The molecule has 0 amide bonds. The van der Waals surface area contributed by atoms with Crippen LogP contribution in [-0.4, -0.2) is 38.1 Å². The van der Waals surface area contributed by atoms with Crippen LogP contribution in [0.4, 0.5) is 5.88 Å². The van der Waals surface area contributed by atoms with E-state index in [1.807, 2.05) is 25.1 Å². The minimum Gasteiger partial charge on any atom is -0.428 e. The van der Waals surface area contributed by atoms with Gasteiger partial charge in [0.1, 0.15) is 5.69 Å². The zero-order valence-electron chi connectivity index (χ0n) is 10.9. The largest absolute Gasteiger partial charge is 0.428 e. The first-order valence-corrected chi connectivity index (χ1v) is 5.66. The van der Waals surface area contributed by atoms with Gasteiger partial charge >= 0.3 is 0 Å². The molecule has 0 aromatic carbocycles. The lowest BCUT2D eigenvalue weighted by Gasteiger charge is -2.16. The molecule has 1 aromatic rings. The van der Waals surface area contributed by atoms with Crippen LogP contribution in [0.25, 0.3) is 0 Å². The molecular formula is C11H18N6O. The molecule has 0 aliphatic heterocycles. The zero-order valence-corrected chi connectivity index (χ0v) is 10.9. The summed E-state index contributed by atoms with van der Waals surface area (Å²) in [5.41, 5.74) is 0.882. The maximum absolute atomic E-state index is 8.46. The molecule has 0 unspecified atom stereocenters. The summed E-state index contributed by atoms with van der Waals surface area (Å²) in [5, 5.41) is 13.9. The number of aryl methyl sites for hydroxylation is 1. The van der Waals surface area contributed by atoms with Crippen molar-refractivity contribution in [2.75, 3.05) is 32.1 Å². The number of nitrogens with zero attached hydrogens (tertiary/aromatic N) is 4. The molecule has 1 rings (SSSR count). The third-order valence-corrected chi connectivity index (χ3v) is 2.43. The summed E-state index contributed by atoms with van der Waals surface area (Å²) in [6.45, 7) is 3.46. The van der Waals surface area contributed by atoms with Gasteiger partial charge in [0.05, 0.1) is 0 Å². The molecule has 0 aliphatic rings. The first-order valence-electron chi connectivity index (χ1n) is 5.66. The predicted molar refractivity (Wildman–Crippen MR) is 69.2 cm³/mol. The molecule has 0 bridgehead atoms. The van der Waals surface area contributed by atoms with E-state index in [-0.39, 0.29) is 0 Å². The lowest BCUT2D eigenvalue weighted by Crippen LogP contribution is -2.36. The van der Waals surface area contributed by atoms with Crippen LogP contribution >= 0.6 is 0 Å². The SMILES string of the molecule is CN=C(NC#N)NCCCN(C)c1ocnc1C. The van der Waals surface area contributed by atoms with Gasteiger partial charge in [0.25, 0.3) is 0 Å². The topological polar surface area (TPSA) is 89.5 Å². The van der Waals surface area contributed by atoms with Gasteiger partial charge in [0.15, 0.2) is 12.6 Å². The second kappa shape index (κ2) is 7.17. The van der Waals surface area contributed by atoms with Crippen LogP contribution < -0.4 is 15.5 Å². The van der Waals surface area contributed by atoms with Crippen LogP contribution in [0, 0.1) is 18.4 Å². The van der Waals surface area contributed by atoms with Crippen molar-refractivity contribution in [1.29, 1.82) is 5.26 Å². The lowest BCUT2D eigenvalue weighted by molar-refractivity contribution is 0.543. The first-order chi connectivity index (χ1) is 8.69. The molecule has 0 saturated heterocycles. The molecule has 0 spiro atoms. The molecule has 7 heteroatoms. The normalized spacial score (nSPS) is 10.9. The molecule has 1 aromatic heterocycles. The number of nitrogens with one attached hydrogen (secondary N) is 2. The number of aliphatic imine (C=N–C) groups is 1. The molecule has 0 radical (unpaired) electrons. The smallest absolute Gasteiger partial charge is 0.218 e. The Morgan fingerprint density at radius 1 is 1.67 bits per heavy atom. The van der Waals surface area contributed by atoms with Crippen LogP contribution in [0.5, 0.6) is 0 Å². The van der Waals surface area contributed by atoms with Gasteiger partial charge in [0, 0.05) is 27.2 Å². The van der Waals surface area contributed by atoms with Gasteiger partial charge in [-0.2, -0.15) is 5.26 Å². The van der Waals surface area contributed by atoms with Crippen molar-refractivity contribution in [3.63, 3.8) is 0 Å². The highest BCUT2D eigenvalue weighted by molar-refractivity contribution is 5.80. The number of hydrogen-bond acceptors (Lipinski definition) is 5. The summed E-state index contributed by atoms with van der Waals surface area (Å²) in [6.07, 6.45) is 4.16. The molecule has 0 fully saturated rings. The molecular weight excluding hydrogens is 232 g/mol.